The third-order valence-corrected chi connectivity index (χ3v) is 9.73. The Morgan fingerprint density at radius 2 is 1.76 bits per heavy atom. The minimum Gasteiger partial charge on any atom is -0.495 e. The van der Waals surface area contributed by atoms with E-state index < -0.39 is 0 Å². The molecule has 254 valence electrons. The fourth-order valence-electron chi connectivity index (χ4n) is 5.96. The second-order valence-corrected chi connectivity index (χ2v) is 14.5. The number of nitrogens with one attached hydrogen (secondary N) is 2. The predicted molar refractivity (Wildman–Crippen MR) is 203 cm³/mol. The number of hydrogen-bond donors (Lipinski definition) is 2. The van der Waals surface area contributed by atoms with E-state index in [-0.39, 0.29) is 6.04 Å². The number of allylic oxidation sites excluding steroid dienone is 7. The summed E-state index contributed by atoms with van der Waals surface area (Å²) in [5.74, 6) is 3.41. The van der Waals surface area contributed by atoms with E-state index in [9.17, 15) is 0 Å². The van der Waals surface area contributed by atoms with Gasteiger partial charge < -0.3 is 15.4 Å². The molecule has 4 heteroatoms. The van der Waals surface area contributed by atoms with E-state index in [1.807, 2.05) is 12.1 Å². The summed E-state index contributed by atoms with van der Waals surface area (Å²) < 4.78 is 5.37. The molecule has 2 N–H and O–H groups in total. The molecule has 0 heterocycles. The van der Waals surface area contributed by atoms with Gasteiger partial charge in [0.05, 0.1) is 18.2 Å². The summed E-state index contributed by atoms with van der Waals surface area (Å²) >= 11 is 6.48. The highest BCUT2D eigenvalue weighted by Crippen LogP contribution is 2.29. The zero-order valence-electron chi connectivity index (χ0n) is 30.1. The van der Waals surface area contributed by atoms with E-state index in [0.29, 0.717) is 46.8 Å². The van der Waals surface area contributed by atoms with Gasteiger partial charge in [0.1, 0.15) is 5.75 Å². The summed E-state index contributed by atoms with van der Waals surface area (Å²) in [7, 11) is 1.64. The fraction of sp³-hybridized carbons (Fsp3) is 0.524. The molecule has 0 amide bonds. The first kappa shape index (κ1) is 39.3. The van der Waals surface area contributed by atoms with Crippen LogP contribution in [0.5, 0.6) is 5.75 Å². The summed E-state index contributed by atoms with van der Waals surface area (Å²) in [6.45, 7) is 32.0. The molecular formula is C42H63ClN2O. The SMILES string of the molecule is C=C(/C=C/CCC(C)C(C)CC1=CCCC=C1)N[C@H](Cc1ccc(OC)c(Cl)c1)C(=C)NCC(C)C(=C)CC(CC(C)C)C(=C)C. The van der Waals surface area contributed by atoms with E-state index in [1.165, 1.54) is 36.0 Å². The van der Waals surface area contributed by atoms with Crippen molar-refractivity contribution in [1.29, 1.82) is 0 Å². The van der Waals surface area contributed by atoms with Crippen molar-refractivity contribution in [3.8, 4) is 5.75 Å². The molecule has 0 aliphatic heterocycles. The van der Waals surface area contributed by atoms with E-state index in [1.54, 1.807) is 7.11 Å². The van der Waals surface area contributed by atoms with Gasteiger partial charge in [0.2, 0.25) is 0 Å². The summed E-state index contributed by atoms with van der Waals surface area (Å²) in [5.41, 5.74) is 6.89. The van der Waals surface area contributed by atoms with Crippen LogP contribution in [-0.2, 0) is 6.42 Å². The van der Waals surface area contributed by atoms with Crippen LogP contribution in [-0.4, -0.2) is 19.7 Å². The van der Waals surface area contributed by atoms with Gasteiger partial charge in [0, 0.05) is 17.9 Å². The quantitative estimate of drug-likeness (QED) is 0.0971. The van der Waals surface area contributed by atoms with Gasteiger partial charge in [-0.25, -0.2) is 0 Å². The second-order valence-electron chi connectivity index (χ2n) is 14.1. The lowest BCUT2D eigenvalue weighted by Crippen LogP contribution is -2.38. The lowest BCUT2D eigenvalue weighted by molar-refractivity contribution is 0.365. The van der Waals surface area contributed by atoms with Crippen LogP contribution in [0.3, 0.4) is 0 Å². The highest BCUT2D eigenvalue weighted by Gasteiger charge is 2.19. The number of benzene rings is 1. The molecule has 3 nitrogen and oxygen atoms in total. The number of halogens is 1. The Morgan fingerprint density at radius 3 is 2.37 bits per heavy atom. The molecule has 0 bridgehead atoms. The van der Waals surface area contributed by atoms with Gasteiger partial charge in [-0.1, -0.05) is 120 Å². The maximum atomic E-state index is 6.48. The van der Waals surface area contributed by atoms with Gasteiger partial charge in [-0.3, -0.25) is 0 Å². The topological polar surface area (TPSA) is 33.3 Å². The van der Waals surface area contributed by atoms with Crippen LogP contribution in [0.2, 0.25) is 5.02 Å². The Morgan fingerprint density at radius 1 is 1.02 bits per heavy atom. The summed E-state index contributed by atoms with van der Waals surface area (Å²) in [5, 5.41) is 7.86. The molecule has 0 fully saturated rings. The Kier molecular flexibility index (Phi) is 17.4. The average molecular weight is 647 g/mol. The lowest BCUT2D eigenvalue weighted by atomic mass is 9.83. The van der Waals surface area contributed by atoms with Crippen LogP contribution in [0.4, 0.5) is 0 Å². The smallest absolute Gasteiger partial charge is 0.137 e. The standard InChI is InChI=1S/C42H63ClN2O/c1-29(2)23-39(30(3)4)25-33(7)34(8)28-44-36(10)41(27-38-21-22-42(46-11)40(43)26-38)45-35(9)18-16-15-17-31(5)32(6)24-37-19-13-12-14-20-37/h13,16,18-22,26,29,31-32,34,39,41,44-45H,3,7,9-10,12,14-15,17,23-25,27-28H2,1-2,4-6,8,11H3/b18-16+/t31?,32?,34?,39?,41-/m1/s1. The molecule has 0 saturated heterocycles. The Bertz CT molecular complexity index is 1250. The molecule has 46 heavy (non-hydrogen) atoms. The van der Waals surface area contributed by atoms with E-state index in [2.05, 4.69) is 115 Å². The van der Waals surface area contributed by atoms with Crippen LogP contribution in [0.15, 0.2) is 103 Å². The third-order valence-electron chi connectivity index (χ3n) is 9.44. The third kappa shape index (κ3) is 14.2. The van der Waals surface area contributed by atoms with Crippen LogP contribution in [0, 0.1) is 29.6 Å². The van der Waals surface area contributed by atoms with Crippen LogP contribution in [0.1, 0.15) is 92.1 Å². The first-order valence-electron chi connectivity index (χ1n) is 17.4. The molecule has 1 aliphatic carbocycles. The molecule has 1 aromatic carbocycles. The largest absolute Gasteiger partial charge is 0.495 e. The average Bonchev–Trinajstić information content (AvgIpc) is 3.01. The normalized spacial score (nSPS) is 16.3. The second kappa shape index (κ2) is 20.4. The molecule has 0 spiro atoms. The molecule has 5 atom stereocenters. The minimum atomic E-state index is -0.0676. The van der Waals surface area contributed by atoms with Crippen LogP contribution in [0.25, 0.3) is 0 Å². The molecule has 1 aromatic rings. The number of methoxy groups -OCH3 is 1. The highest BCUT2D eigenvalue weighted by atomic mass is 35.5. The van der Waals surface area contributed by atoms with Crippen molar-refractivity contribution in [3.63, 3.8) is 0 Å². The number of rotatable bonds is 22. The van der Waals surface area contributed by atoms with Gasteiger partial charge in [-0.2, -0.15) is 0 Å². The van der Waals surface area contributed by atoms with Crippen molar-refractivity contribution < 1.29 is 4.74 Å². The summed E-state index contributed by atoms with van der Waals surface area (Å²) in [6.07, 6.45) is 19.9. The molecule has 2 rings (SSSR count). The molecular weight excluding hydrogens is 584 g/mol. The Hall–Kier alpha value is -2.91. The predicted octanol–water partition coefficient (Wildman–Crippen LogP) is 11.6. The fourth-order valence-corrected chi connectivity index (χ4v) is 6.24. The summed E-state index contributed by atoms with van der Waals surface area (Å²) in [4.78, 5) is 0. The van der Waals surface area contributed by atoms with Gasteiger partial charge in [0.15, 0.2) is 0 Å². The van der Waals surface area contributed by atoms with Crippen molar-refractivity contribution >= 4 is 11.6 Å². The maximum absolute atomic E-state index is 6.48. The molecule has 1 aliphatic rings. The number of ether oxygens (including phenoxy) is 1. The Labute approximate surface area is 287 Å². The van der Waals surface area contributed by atoms with Gasteiger partial charge >= 0.3 is 0 Å². The lowest BCUT2D eigenvalue weighted by Gasteiger charge is -2.27. The van der Waals surface area contributed by atoms with Crippen molar-refractivity contribution in [2.75, 3.05) is 13.7 Å². The van der Waals surface area contributed by atoms with Gasteiger partial charge in [0.25, 0.3) is 0 Å². The molecule has 0 saturated carbocycles. The zero-order chi connectivity index (χ0) is 34.2. The molecule has 0 radical (unpaired) electrons. The maximum Gasteiger partial charge on any atom is 0.137 e. The minimum absolute atomic E-state index is 0.0676. The number of hydrogen-bond acceptors (Lipinski definition) is 3. The van der Waals surface area contributed by atoms with Crippen molar-refractivity contribution in [2.24, 2.45) is 29.6 Å². The van der Waals surface area contributed by atoms with Crippen molar-refractivity contribution in [1.82, 2.24) is 10.6 Å². The van der Waals surface area contributed by atoms with E-state index in [4.69, 9.17) is 16.3 Å². The van der Waals surface area contributed by atoms with Gasteiger partial charge in [-0.05, 0) is 112 Å². The highest BCUT2D eigenvalue weighted by molar-refractivity contribution is 6.32. The van der Waals surface area contributed by atoms with E-state index >= 15 is 0 Å². The first-order chi connectivity index (χ1) is 21.8. The van der Waals surface area contributed by atoms with Gasteiger partial charge in [-0.15, -0.1) is 0 Å². The van der Waals surface area contributed by atoms with E-state index in [0.717, 1.165) is 49.2 Å². The van der Waals surface area contributed by atoms with Crippen LogP contribution < -0.4 is 15.4 Å². The first-order valence-corrected chi connectivity index (χ1v) is 17.7. The summed E-state index contributed by atoms with van der Waals surface area (Å²) in [6, 6.07) is 5.88. The monoisotopic (exact) mass is 646 g/mol. The molecule has 0 aromatic heterocycles. The molecule has 4 unspecified atom stereocenters. The Balaban J connectivity index is 2.00. The van der Waals surface area contributed by atoms with Crippen molar-refractivity contribution in [3.05, 3.63) is 114 Å². The van der Waals surface area contributed by atoms with Crippen LogP contribution >= 0.6 is 11.6 Å². The van der Waals surface area contributed by atoms with Crippen molar-refractivity contribution in [2.45, 2.75) is 99.0 Å². The zero-order valence-corrected chi connectivity index (χ0v) is 30.8.